The van der Waals surface area contributed by atoms with Crippen molar-refractivity contribution in [1.29, 1.82) is 0 Å². The molecule has 2 unspecified atom stereocenters. The average Bonchev–Trinajstić information content (AvgIpc) is 1.99. The molecular formula is C8H18NO4P. The number of piperidine rings is 1. The van der Waals surface area contributed by atoms with E-state index in [-0.39, 0.29) is 12.1 Å². The minimum absolute atomic E-state index is 0.0572. The molecule has 84 valence electrons. The maximum Gasteiger partial charge on any atom is 0.469 e. The van der Waals surface area contributed by atoms with Gasteiger partial charge < -0.3 is 15.1 Å². The highest BCUT2D eigenvalue weighted by atomic mass is 31.2. The van der Waals surface area contributed by atoms with Crippen molar-refractivity contribution in [2.45, 2.75) is 44.7 Å². The molecule has 5 nitrogen and oxygen atoms in total. The van der Waals surface area contributed by atoms with Crippen LogP contribution in [-0.4, -0.2) is 28.0 Å². The Morgan fingerprint density at radius 3 is 2.79 bits per heavy atom. The second kappa shape index (κ2) is 4.29. The van der Waals surface area contributed by atoms with Crippen LogP contribution in [0.15, 0.2) is 0 Å². The van der Waals surface area contributed by atoms with Gasteiger partial charge in [-0.15, -0.1) is 0 Å². The van der Waals surface area contributed by atoms with Gasteiger partial charge in [0, 0.05) is 11.6 Å². The maximum atomic E-state index is 10.5. The first-order valence-corrected chi connectivity index (χ1v) is 6.32. The summed E-state index contributed by atoms with van der Waals surface area (Å²) in [4.78, 5) is 17.2. The van der Waals surface area contributed by atoms with Gasteiger partial charge in [-0.3, -0.25) is 4.52 Å². The quantitative estimate of drug-likeness (QED) is 0.622. The molecule has 0 aromatic carbocycles. The minimum atomic E-state index is -4.33. The molecule has 3 N–H and O–H groups in total. The Kier molecular flexibility index (Phi) is 3.72. The molecule has 6 heteroatoms. The molecule has 0 spiro atoms. The van der Waals surface area contributed by atoms with Crippen molar-refractivity contribution in [2.75, 3.05) is 6.61 Å². The van der Waals surface area contributed by atoms with E-state index in [2.05, 4.69) is 16.8 Å². The molecular weight excluding hydrogens is 205 g/mol. The van der Waals surface area contributed by atoms with E-state index in [1.807, 2.05) is 6.92 Å². The van der Waals surface area contributed by atoms with E-state index in [0.29, 0.717) is 6.04 Å². The number of rotatable bonds is 3. The van der Waals surface area contributed by atoms with Crippen molar-refractivity contribution in [3.63, 3.8) is 0 Å². The summed E-state index contributed by atoms with van der Waals surface area (Å²) in [6.07, 6.45) is 3.05. The monoisotopic (exact) mass is 223 g/mol. The molecule has 1 aliphatic rings. The van der Waals surface area contributed by atoms with E-state index in [4.69, 9.17) is 9.79 Å². The van der Waals surface area contributed by atoms with Crippen LogP contribution in [0.25, 0.3) is 0 Å². The van der Waals surface area contributed by atoms with E-state index < -0.39 is 7.82 Å². The number of phosphoric ester groups is 1. The third-order valence-electron chi connectivity index (χ3n) is 2.51. The molecule has 1 heterocycles. The van der Waals surface area contributed by atoms with Crippen LogP contribution in [0, 0.1) is 0 Å². The Balaban J connectivity index is 2.45. The van der Waals surface area contributed by atoms with E-state index in [9.17, 15) is 4.57 Å². The van der Waals surface area contributed by atoms with Crippen LogP contribution < -0.4 is 5.32 Å². The van der Waals surface area contributed by atoms with E-state index >= 15 is 0 Å². The Labute approximate surface area is 84.1 Å². The molecule has 0 radical (unpaired) electrons. The Bertz CT molecular complexity index is 241. The van der Waals surface area contributed by atoms with Gasteiger partial charge in [-0.25, -0.2) is 4.57 Å². The van der Waals surface area contributed by atoms with Gasteiger partial charge in [0.05, 0.1) is 6.61 Å². The molecule has 0 aromatic rings. The van der Waals surface area contributed by atoms with Gasteiger partial charge in [0.25, 0.3) is 0 Å². The lowest BCUT2D eigenvalue weighted by Gasteiger charge is -2.38. The molecule has 1 saturated heterocycles. The van der Waals surface area contributed by atoms with Crippen LogP contribution >= 0.6 is 7.82 Å². The molecule has 2 atom stereocenters. The molecule has 0 saturated carbocycles. The molecule has 0 aliphatic carbocycles. The van der Waals surface area contributed by atoms with Gasteiger partial charge >= 0.3 is 7.82 Å². The summed E-state index contributed by atoms with van der Waals surface area (Å²) in [5, 5.41) is 3.30. The highest BCUT2D eigenvalue weighted by molar-refractivity contribution is 7.46. The number of hydrogen-bond donors (Lipinski definition) is 3. The van der Waals surface area contributed by atoms with E-state index in [1.165, 1.54) is 0 Å². The first kappa shape index (κ1) is 12.1. The fourth-order valence-electron chi connectivity index (χ4n) is 1.88. The van der Waals surface area contributed by atoms with Gasteiger partial charge in [-0.2, -0.15) is 0 Å². The topological polar surface area (TPSA) is 78.8 Å². The zero-order valence-corrected chi connectivity index (χ0v) is 9.46. The number of hydrogen-bond acceptors (Lipinski definition) is 3. The van der Waals surface area contributed by atoms with Crippen LogP contribution in [-0.2, 0) is 9.09 Å². The third kappa shape index (κ3) is 4.07. The summed E-state index contributed by atoms with van der Waals surface area (Å²) in [5.41, 5.74) is -0.307. The normalized spacial score (nSPS) is 34.4. The smallest absolute Gasteiger partial charge is 0.307 e. The van der Waals surface area contributed by atoms with Gasteiger partial charge in [-0.1, -0.05) is 6.42 Å². The lowest BCUT2D eigenvalue weighted by molar-refractivity contribution is 0.111. The lowest BCUT2D eigenvalue weighted by Crippen LogP contribution is -2.53. The van der Waals surface area contributed by atoms with Crippen LogP contribution in [0.2, 0.25) is 0 Å². The molecule has 14 heavy (non-hydrogen) atoms. The number of nitrogens with one attached hydrogen (secondary N) is 1. The summed E-state index contributed by atoms with van der Waals surface area (Å²) in [6, 6.07) is 0.383. The van der Waals surface area contributed by atoms with Crippen molar-refractivity contribution < 1.29 is 18.9 Å². The summed E-state index contributed by atoms with van der Waals surface area (Å²) < 4.78 is 15.1. The Morgan fingerprint density at radius 2 is 2.29 bits per heavy atom. The molecule has 0 bridgehead atoms. The first-order valence-electron chi connectivity index (χ1n) is 4.79. The van der Waals surface area contributed by atoms with E-state index in [0.717, 1.165) is 19.3 Å². The predicted octanol–water partition coefficient (Wildman–Crippen LogP) is 1.02. The highest BCUT2D eigenvalue weighted by Gasteiger charge is 2.32. The van der Waals surface area contributed by atoms with Gasteiger partial charge in [0.1, 0.15) is 0 Å². The second-order valence-corrected chi connectivity index (χ2v) is 5.50. The van der Waals surface area contributed by atoms with Gasteiger partial charge in [0.2, 0.25) is 0 Å². The Morgan fingerprint density at radius 1 is 1.64 bits per heavy atom. The largest absolute Gasteiger partial charge is 0.469 e. The summed E-state index contributed by atoms with van der Waals surface area (Å²) in [5.74, 6) is 0. The van der Waals surface area contributed by atoms with Crippen molar-refractivity contribution >= 4 is 7.82 Å². The Hall–Kier alpha value is 0.0700. The summed E-state index contributed by atoms with van der Waals surface area (Å²) in [6.45, 7) is 4.05. The second-order valence-electron chi connectivity index (χ2n) is 4.26. The summed E-state index contributed by atoms with van der Waals surface area (Å²) >= 11 is 0. The van der Waals surface area contributed by atoms with Crippen molar-refractivity contribution in [1.82, 2.24) is 5.32 Å². The van der Waals surface area contributed by atoms with Crippen LogP contribution in [0.3, 0.4) is 0 Å². The molecule has 1 aliphatic heterocycles. The first-order chi connectivity index (χ1) is 6.31. The maximum absolute atomic E-state index is 10.5. The fourth-order valence-corrected chi connectivity index (χ4v) is 2.33. The zero-order valence-electron chi connectivity index (χ0n) is 8.56. The van der Waals surface area contributed by atoms with Crippen molar-refractivity contribution in [3.05, 3.63) is 0 Å². The predicted molar refractivity (Wildman–Crippen MR) is 52.8 cm³/mol. The number of phosphoric acid groups is 1. The minimum Gasteiger partial charge on any atom is -0.307 e. The molecule has 1 fully saturated rings. The van der Waals surface area contributed by atoms with Crippen molar-refractivity contribution in [3.8, 4) is 0 Å². The van der Waals surface area contributed by atoms with Crippen LogP contribution in [0.4, 0.5) is 0 Å². The highest BCUT2D eigenvalue weighted by Crippen LogP contribution is 2.37. The van der Waals surface area contributed by atoms with Crippen LogP contribution in [0.1, 0.15) is 33.1 Å². The van der Waals surface area contributed by atoms with Crippen molar-refractivity contribution in [2.24, 2.45) is 0 Å². The SMILES string of the molecule is CC1CCCC(C)(COP(=O)(O)O)N1. The van der Waals surface area contributed by atoms with Gasteiger partial charge in [0.15, 0.2) is 0 Å². The zero-order chi connectivity index (χ0) is 10.8. The third-order valence-corrected chi connectivity index (χ3v) is 2.98. The van der Waals surface area contributed by atoms with Crippen LogP contribution in [0.5, 0.6) is 0 Å². The standard InChI is InChI=1S/C8H18NO4P/c1-7-4-3-5-8(2,9-7)6-13-14(10,11)12/h7,9H,3-6H2,1-2H3,(H2,10,11,12). The molecule has 0 amide bonds. The van der Waals surface area contributed by atoms with E-state index in [1.54, 1.807) is 0 Å². The van der Waals surface area contributed by atoms with Gasteiger partial charge in [-0.05, 0) is 26.7 Å². The summed E-state index contributed by atoms with van der Waals surface area (Å²) in [7, 11) is -4.33. The molecule has 0 aromatic heterocycles. The lowest BCUT2D eigenvalue weighted by atomic mass is 9.89. The average molecular weight is 223 g/mol. The molecule has 1 rings (SSSR count). The fraction of sp³-hybridized carbons (Fsp3) is 1.00.